The molecule has 0 aliphatic heterocycles. The Morgan fingerprint density at radius 3 is 1.49 bits per heavy atom. The van der Waals surface area contributed by atoms with Gasteiger partial charge in [0.25, 0.3) is 0 Å². The summed E-state index contributed by atoms with van der Waals surface area (Å²) in [5, 5.41) is 16.1. The van der Waals surface area contributed by atoms with E-state index in [1.807, 2.05) is 38.1 Å². The van der Waals surface area contributed by atoms with Gasteiger partial charge in [-0.15, -0.1) is 0 Å². The minimum Gasteiger partial charge on any atom is -0.475 e. The van der Waals surface area contributed by atoms with Crippen LogP contribution >= 0.6 is 0 Å². The fraction of sp³-hybridized carbons (Fsp3) is 0.516. The Morgan fingerprint density at radius 1 is 0.721 bits per heavy atom. The van der Waals surface area contributed by atoms with E-state index in [2.05, 4.69) is 55.8 Å². The van der Waals surface area contributed by atoms with Crippen LogP contribution in [0.5, 0.6) is 11.5 Å². The lowest BCUT2D eigenvalue weighted by Gasteiger charge is -2.12. The summed E-state index contributed by atoms with van der Waals surface area (Å²) in [7, 11) is 0. The first kappa shape index (κ1) is 37.2. The number of aryl methyl sites for hydroxylation is 2. The zero-order valence-corrected chi connectivity index (χ0v) is 25.7. The molecule has 0 atom stereocenters. The van der Waals surface area contributed by atoms with E-state index in [4.69, 9.17) is 19.4 Å². The van der Waals surface area contributed by atoms with Crippen LogP contribution in [-0.2, 0) is 4.79 Å². The fourth-order valence-corrected chi connectivity index (χ4v) is 3.54. The predicted octanol–water partition coefficient (Wildman–Crippen LogP) is 6.82. The highest BCUT2D eigenvalue weighted by molar-refractivity contribution is 5.73. The van der Waals surface area contributed by atoms with Crippen molar-refractivity contribution in [1.29, 1.82) is 0 Å². The third-order valence-electron chi connectivity index (χ3n) is 6.25. The number of halogens is 3. The van der Waals surface area contributed by atoms with Crippen molar-refractivity contribution >= 4 is 18.2 Å². The highest BCUT2D eigenvalue weighted by atomic mass is 19.4. The van der Waals surface area contributed by atoms with Gasteiger partial charge < -0.3 is 30.5 Å². The summed E-state index contributed by atoms with van der Waals surface area (Å²) in [6.45, 7) is 15.1. The molecule has 0 heterocycles. The van der Waals surface area contributed by atoms with Gasteiger partial charge in [-0.05, 0) is 92.4 Å². The molecule has 0 aliphatic carbocycles. The van der Waals surface area contributed by atoms with Gasteiger partial charge in [0, 0.05) is 13.1 Å². The van der Waals surface area contributed by atoms with Crippen molar-refractivity contribution in [2.45, 2.75) is 78.8 Å². The molecule has 43 heavy (non-hydrogen) atoms. The number of carboxylic acids is 1. The van der Waals surface area contributed by atoms with Crippen molar-refractivity contribution in [3.05, 3.63) is 58.7 Å². The monoisotopic (exact) mass is 611 g/mol. The Hall–Kier alpha value is -3.80. The average molecular weight is 612 g/mol. The number of benzene rings is 2. The van der Waals surface area contributed by atoms with Crippen molar-refractivity contribution in [2.75, 3.05) is 26.2 Å². The molecule has 0 unspecified atom stereocenters. The number of alkyl halides is 3. The summed E-state index contributed by atoms with van der Waals surface area (Å²) in [5.74, 6) is -0.786. The van der Waals surface area contributed by atoms with Crippen LogP contribution in [-0.4, -0.2) is 55.6 Å². The number of ether oxygens (including phenoxy) is 2. The van der Waals surface area contributed by atoms with Crippen molar-refractivity contribution in [3.63, 3.8) is 0 Å². The standard InChI is InChI=1S/C29H43N3O4.C2HF3O2/c1-20(2)24-12-10-22(5)26(18-24)35-28(33)31-16-8-7-14-30-15-9-17-32-29(34)36-27-19-25(21(3)4)13-11-23(27)6;3-2(4,5)1(6)7/h10-13,18-21,30H,7-9,14-17H2,1-6H3,(H,31,33)(H,32,34);(H,6,7). The first-order chi connectivity index (χ1) is 20.1. The van der Waals surface area contributed by atoms with E-state index >= 15 is 0 Å². The van der Waals surface area contributed by atoms with E-state index in [9.17, 15) is 22.8 Å². The van der Waals surface area contributed by atoms with Crippen LogP contribution in [0.4, 0.5) is 22.8 Å². The largest absolute Gasteiger partial charge is 0.490 e. The Balaban J connectivity index is 0.00000117. The fourth-order valence-electron chi connectivity index (χ4n) is 3.54. The predicted molar refractivity (Wildman–Crippen MR) is 159 cm³/mol. The molecule has 2 aromatic rings. The van der Waals surface area contributed by atoms with Crippen LogP contribution in [0.25, 0.3) is 0 Å². The molecule has 0 aromatic heterocycles. The average Bonchev–Trinajstić information content (AvgIpc) is 2.91. The quantitative estimate of drug-likeness (QED) is 0.183. The van der Waals surface area contributed by atoms with Crippen LogP contribution in [0.1, 0.15) is 81.0 Å². The van der Waals surface area contributed by atoms with Gasteiger partial charge in [-0.3, -0.25) is 0 Å². The molecule has 0 fully saturated rings. The third kappa shape index (κ3) is 15.3. The lowest BCUT2D eigenvalue weighted by molar-refractivity contribution is -0.192. The zero-order chi connectivity index (χ0) is 32.6. The second kappa shape index (κ2) is 18.7. The van der Waals surface area contributed by atoms with Gasteiger partial charge >= 0.3 is 24.3 Å². The number of carboxylic acid groups (broad SMARTS) is 1. The van der Waals surface area contributed by atoms with Gasteiger partial charge in [-0.2, -0.15) is 13.2 Å². The van der Waals surface area contributed by atoms with Gasteiger partial charge in [-0.1, -0.05) is 52.0 Å². The first-order valence-corrected chi connectivity index (χ1v) is 14.2. The van der Waals surface area contributed by atoms with Gasteiger partial charge in [0.2, 0.25) is 0 Å². The number of unbranched alkanes of at least 4 members (excludes halogenated alkanes) is 1. The molecule has 12 heteroatoms. The summed E-state index contributed by atoms with van der Waals surface area (Å²) < 4.78 is 42.7. The number of aliphatic carboxylic acids is 1. The lowest BCUT2D eigenvalue weighted by Crippen LogP contribution is -2.30. The third-order valence-corrected chi connectivity index (χ3v) is 6.25. The van der Waals surface area contributed by atoms with Crippen LogP contribution in [0, 0.1) is 13.8 Å². The van der Waals surface area contributed by atoms with Gasteiger partial charge in [0.15, 0.2) is 0 Å². The molecule has 2 aromatic carbocycles. The Labute approximate surface area is 251 Å². The molecule has 0 bridgehead atoms. The van der Waals surface area contributed by atoms with E-state index in [0.717, 1.165) is 54.6 Å². The number of nitrogens with one attached hydrogen (secondary N) is 3. The second-order valence-corrected chi connectivity index (χ2v) is 10.6. The molecule has 4 N–H and O–H groups in total. The van der Waals surface area contributed by atoms with Gasteiger partial charge in [-0.25, -0.2) is 14.4 Å². The molecular weight excluding hydrogens is 567 g/mol. The minimum atomic E-state index is -5.08. The van der Waals surface area contributed by atoms with E-state index < -0.39 is 24.3 Å². The van der Waals surface area contributed by atoms with Crippen molar-refractivity contribution in [1.82, 2.24) is 16.0 Å². The van der Waals surface area contributed by atoms with E-state index in [1.54, 1.807) is 0 Å². The summed E-state index contributed by atoms with van der Waals surface area (Å²) in [6, 6.07) is 11.9. The maximum atomic E-state index is 12.1. The molecule has 2 amide bonds. The molecule has 0 saturated carbocycles. The van der Waals surface area contributed by atoms with Gasteiger partial charge in [0.1, 0.15) is 11.5 Å². The SMILES string of the molecule is Cc1ccc(C(C)C)cc1OC(=O)NCCCCNCCCNC(=O)Oc1cc(C(C)C)ccc1C.O=C(O)C(F)(F)F. The highest BCUT2D eigenvalue weighted by Gasteiger charge is 2.38. The lowest BCUT2D eigenvalue weighted by atomic mass is 10.0. The molecule has 0 aliphatic rings. The van der Waals surface area contributed by atoms with Crippen molar-refractivity contribution < 1.29 is 42.1 Å². The minimum absolute atomic E-state index is 0.378. The summed E-state index contributed by atoms with van der Waals surface area (Å²) in [6.07, 6.45) is -3.34. The highest BCUT2D eigenvalue weighted by Crippen LogP contribution is 2.25. The number of hydrogen-bond donors (Lipinski definition) is 4. The van der Waals surface area contributed by atoms with Crippen LogP contribution in [0.2, 0.25) is 0 Å². The zero-order valence-electron chi connectivity index (χ0n) is 25.7. The summed E-state index contributed by atoms with van der Waals surface area (Å²) >= 11 is 0. The van der Waals surface area contributed by atoms with E-state index in [-0.39, 0.29) is 0 Å². The number of carbonyl (C=O) groups is 3. The second-order valence-electron chi connectivity index (χ2n) is 10.6. The molecule has 2 rings (SSSR count). The first-order valence-electron chi connectivity index (χ1n) is 14.2. The summed E-state index contributed by atoms with van der Waals surface area (Å²) in [4.78, 5) is 33.1. The van der Waals surface area contributed by atoms with Gasteiger partial charge in [0.05, 0.1) is 0 Å². The Kier molecular flexibility index (Phi) is 16.2. The topological polar surface area (TPSA) is 126 Å². The van der Waals surface area contributed by atoms with Crippen LogP contribution < -0.4 is 25.4 Å². The normalized spacial score (nSPS) is 11.0. The summed E-state index contributed by atoms with van der Waals surface area (Å²) in [5.41, 5.74) is 4.17. The Morgan fingerprint density at radius 2 is 1.09 bits per heavy atom. The number of carbonyl (C=O) groups excluding carboxylic acids is 2. The van der Waals surface area contributed by atoms with E-state index in [1.165, 1.54) is 0 Å². The molecule has 0 spiro atoms. The van der Waals surface area contributed by atoms with E-state index in [0.29, 0.717) is 36.4 Å². The number of hydrogen-bond acceptors (Lipinski definition) is 6. The molecule has 0 radical (unpaired) electrons. The maximum absolute atomic E-state index is 12.1. The maximum Gasteiger partial charge on any atom is 0.490 e. The van der Waals surface area contributed by atoms with Crippen LogP contribution in [0.15, 0.2) is 36.4 Å². The number of amides is 2. The van der Waals surface area contributed by atoms with Crippen LogP contribution in [0.3, 0.4) is 0 Å². The Bertz CT molecular complexity index is 1110. The van der Waals surface area contributed by atoms with Crippen molar-refractivity contribution in [2.24, 2.45) is 0 Å². The molecule has 0 saturated heterocycles. The smallest absolute Gasteiger partial charge is 0.475 e. The number of rotatable bonds is 13. The molecule has 240 valence electrons. The van der Waals surface area contributed by atoms with Crippen molar-refractivity contribution in [3.8, 4) is 11.5 Å². The molecular formula is C31H44F3N3O6. The molecule has 9 nitrogen and oxygen atoms in total.